The third-order valence-electron chi connectivity index (χ3n) is 2.21. The van der Waals surface area contributed by atoms with E-state index >= 15 is 0 Å². The number of hydrogen-bond donors (Lipinski definition) is 0. The second-order valence-corrected chi connectivity index (χ2v) is 3.80. The van der Waals surface area contributed by atoms with Crippen molar-refractivity contribution in [2.75, 3.05) is 0 Å². The smallest absolute Gasteiger partial charge is 0.168 e. The van der Waals surface area contributed by atoms with Crippen LogP contribution in [-0.4, -0.2) is 10.8 Å². The maximum Gasteiger partial charge on any atom is 0.168 e. The maximum absolute atomic E-state index is 11.8. The lowest BCUT2D eigenvalue weighted by atomic mass is 10.1. The Hall–Kier alpha value is -1.67. The highest BCUT2D eigenvalue weighted by atomic mass is 35.5. The van der Waals surface area contributed by atoms with Crippen molar-refractivity contribution in [3.05, 3.63) is 64.9 Å². The number of ketones is 1. The zero-order valence-corrected chi connectivity index (χ0v) is 11.3. The Morgan fingerprint density at radius 2 is 1.72 bits per heavy atom. The second kappa shape index (κ2) is 7.62. The fraction of sp³-hybridized carbons (Fsp3) is 0.200. The number of benzene rings is 1. The molecule has 0 atom stereocenters. The van der Waals surface area contributed by atoms with E-state index in [1.165, 1.54) is 0 Å². The molecule has 0 saturated heterocycles. The number of hydrogen-bond acceptors (Lipinski definition) is 2. The number of aromatic nitrogens is 1. The predicted octanol–water partition coefficient (Wildman–Crippen LogP) is 4.19. The van der Waals surface area contributed by atoms with Gasteiger partial charge in [-0.05, 0) is 12.1 Å². The average Bonchev–Trinajstić information content (AvgIpc) is 2.42. The van der Waals surface area contributed by atoms with Crippen molar-refractivity contribution in [3.63, 3.8) is 0 Å². The molecule has 94 valence electrons. The topological polar surface area (TPSA) is 30.0 Å². The van der Waals surface area contributed by atoms with Gasteiger partial charge in [-0.25, -0.2) is 4.98 Å². The molecule has 0 amide bonds. The zero-order valence-electron chi connectivity index (χ0n) is 10.6. The van der Waals surface area contributed by atoms with Gasteiger partial charge in [0, 0.05) is 11.3 Å². The summed E-state index contributed by atoms with van der Waals surface area (Å²) in [6.45, 7) is 4.00. The Kier molecular flexibility index (Phi) is 6.09. The molecule has 0 unspecified atom stereocenters. The second-order valence-electron chi connectivity index (χ2n) is 3.42. The molecule has 0 radical (unpaired) electrons. The van der Waals surface area contributed by atoms with Gasteiger partial charge in [0.05, 0.1) is 6.42 Å². The van der Waals surface area contributed by atoms with Gasteiger partial charge in [-0.3, -0.25) is 4.79 Å². The summed E-state index contributed by atoms with van der Waals surface area (Å²) < 4.78 is 0. The Balaban J connectivity index is 0.000000771. The normalized spacial score (nSPS) is 9.28. The maximum atomic E-state index is 11.8. The van der Waals surface area contributed by atoms with Crippen LogP contribution in [0.3, 0.4) is 0 Å². The van der Waals surface area contributed by atoms with E-state index in [1.54, 1.807) is 30.3 Å². The molecule has 0 saturated carbocycles. The standard InChI is InChI=1S/C13H10ClNO.C2H6/c14-13-8-4-7-11(15-13)9-12(16)10-5-2-1-3-6-10;1-2/h1-8H,9H2;1-2H3. The summed E-state index contributed by atoms with van der Waals surface area (Å²) in [5.74, 6) is 0.0513. The van der Waals surface area contributed by atoms with Gasteiger partial charge in [0.25, 0.3) is 0 Å². The monoisotopic (exact) mass is 261 g/mol. The van der Waals surface area contributed by atoms with Crippen molar-refractivity contribution in [1.82, 2.24) is 4.98 Å². The van der Waals surface area contributed by atoms with E-state index in [4.69, 9.17) is 11.6 Å². The minimum atomic E-state index is 0.0513. The number of carbonyl (C=O) groups excluding carboxylic acids is 1. The summed E-state index contributed by atoms with van der Waals surface area (Å²) in [6, 6.07) is 14.5. The molecule has 3 heteroatoms. The number of carbonyl (C=O) groups is 1. The summed E-state index contributed by atoms with van der Waals surface area (Å²) in [4.78, 5) is 15.9. The Labute approximate surface area is 113 Å². The molecule has 0 aliphatic rings. The summed E-state index contributed by atoms with van der Waals surface area (Å²) in [5.41, 5.74) is 1.39. The summed E-state index contributed by atoms with van der Waals surface area (Å²) in [5, 5.41) is 0.415. The third-order valence-corrected chi connectivity index (χ3v) is 2.42. The van der Waals surface area contributed by atoms with E-state index in [1.807, 2.05) is 32.0 Å². The zero-order chi connectivity index (χ0) is 13.4. The average molecular weight is 262 g/mol. The molecule has 2 rings (SSSR count). The van der Waals surface area contributed by atoms with Crippen molar-refractivity contribution in [3.8, 4) is 0 Å². The molecular weight excluding hydrogens is 246 g/mol. The molecule has 0 aliphatic carbocycles. The van der Waals surface area contributed by atoms with Gasteiger partial charge in [-0.15, -0.1) is 0 Å². The number of halogens is 1. The minimum absolute atomic E-state index is 0.0513. The summed E-state index contributed by atoms with van der Waals surface area (Å²) in [6.07, 6.45) is 0.282. The summed E-state index contributed by atoms with van der Waals surface area (Å²) >= 11 is 5.75. The van der Waals surface area contributed by atoms with Crippen molar-refractivity contribution in [1.29, 1.82) is 0 Å². The van der Waals surface area contributed by atoms with Crippen LogP contribution in [0.4, 0.5) is 0 Å². The predicted molar refractivity (Wildman–Crippen MR) is 75.1 cm³/mol. The van der Waals surface area contributed by atoms with Crippen LogP contribution < -0.4 is 0 Å². The van der Waals surface area contributed by atoms with Gasteiger partial charge in [-0.2, -0.15) is 0 Å². The van der Waals surface area contributed by atoms with E-state index in [0.29, 0.717) is 16.4 Å². The Morgan fingerprint density at radius 1 is 1.06 bits per heavy atom. The Morgan fingerprint density at radius 3 is 2.33 bits per heavy atom. The Bertz CT molecular complexity index is 497. The first kappa shape index (κ1) is 14.4. The number of Topliss-reactive ketones (excluding diaryl/α,β-unsaturated/α-hetero) is 1. The number of pyridine rings is 1. The largest absolute Gasteiger partial charge is 0.294 e. The van der Waals surface area contributed by atoms with Gasteiger partial charge in [0.1, 0.15) is 5.15 Å². The van der Waals surface area contributed by atoms with E-state index < -0.39 is 0 Å². The highest BCUT2D eigenvalue weighted by Gasteiger charge is 2.07. The van der Waals surface area contributed by atoms with E-state index in [-0.39, 0.29) is 12.2 Å². The van der Waals surface area contributed by atoms with Crippen molar-refractivity contribution in [2.45, 2.75) is 20.3 Å². The molecule has 0 aliphatic heterocycles. The highest BCUT2D eigenvalue weighted by molar-refractivity contribution is 6.29. The van der Waals surface area contributed by atoms with Crippen LogP contribution >= 0.6 is 11.6 Å². The van der Waals surface area contributed by atoms with Gasteiger partial charge in [-0.1, -0.05) is 61.8 Å². The van der Waals surface area contributed by atoms with Crippen LogP contribution in [0.1, 0.15) is 29.9 Å². The molecule has 0 N–H and O–H groups in total. The lowest BCUT2D eigenvalue weighted by molar-refractivity contribution is 0.0992. The van der Waals surface area contributed by atoms with Crippen LogP contribution in [0.5, 0.6) is 0 Å². The third kappa shape index (κ3) is 4.30. The van der Waals surface area contributed by atoms with E-state index in [0.717, 1.165) is 0 Å². The number of rotatable bonds is 3. The molecule has 2 nitrogen and oxygen atoms in total. The first-order valence-electron chi connectivity index (χ1n) is 5.95. The van der Waals surface area contributed by atoms with E-state index in [9.17, 15) is 4.79 Å². The number of nitrogens with zero attached hydrogens (tertiary/aromatic N) is 1. The van der Waals surface area contributed by atoms with Crippen molar-refractivity contribution >= 4 is 17.4 Å². The fourth-order valence-electron chi connectivity index (χ4n) is 1.44. The molecule has 1 aromatic carbocycles. The summed E-state index contributed by atoms with van der Waals surface area (Å²) in [7, 11) is 0. The van der Waals surface area contributed by atoms with Crippen LogP contribution in [0.15, 0.2) is 48.5 Å². The van der Waals surface area contributed by atoms with E-state index in [2.05, 4.69) is 4.98 Å². The SMILES string of the molecule is CC.O=C(Cc1cccc(Cl)n1)c1ccccc1. The van der Waals surface area contributed by atoms with Gasteiger partial charge < -0.3 is 0 Å². The molecule has 0 spiro atoms. The van der Waals surface area contributed by atoms with Gasteiger partial charge >= 0.3 is 0 Å². The quantitative estimate of drug-likeness (QED) is 0.613. The lowest BCUT2D eigenvalue weighted by Crippen LogP contribution is -2.04. The van der Waals surface area contributed by atoms with Gasteiger partial charge in [0.15, 0.2) is 5.78 Å². The minimum Gasteiger partial charge on any atom is -0.294 e. The molecule has 1 heterocycles. The first-order chi connectivity index (χ1) is 8.75. The van der Waals surface area contributed by atoms with Crippen molar-refractivity contribution < 1.29 is 4.79 Å². The molecule has 0 fully saturated rings. The molecule has 2 aromatic rings. The van der Waals surface area contributed by atoms with Gasteiger partial charge in [0.2, 0.25) is 0 Å². The molecule has 18 heavy (non-hydrogen) atoms. The van der Waals surface area contributed by atoms with Crippen LogP contribution in [0.25, 0.3) is 0 Å². The lowest BCUT2D eigenvalue weighted by Gasteiger charge is -2.00. The molecule has 0 bridgehead atoms. The van der Waals surface area contributed by atoms with Crippen LogP contribution in [0, 0.1) is 0 Å². The molecule has 1 aromatic heterocycles. The van der Waals surface area contributed by atoms with Crippen LogP contribution in [-0.2, 0) is 6.42 Å². The first-order valence-corrected chi connectivity index (χ1v) is 6.33. The highest BCUT2D eigenvalue weighted by Crippen LogP contribution is 2.09. The van der Waals surface area contributed by atoms with Crippen molar-refractivity contribution in [2.24, 2.45) is 0 Å². The molecular formula is C15H16ClNO. The van der Waals surface area contributed by atoms with Crippen LogP contribution in [0.2, 0.25) is 5.15 Å². The fourth-order valence-corrected chi connectivity index (χ4v) is 1.62.